The number of rotatable bonds is 8. The summed E-state index contributed by atoms with van der Waals surface area (Å²) in [5.74, 6) is 1.02. The number of nitrogens with one attached hydrogen (secondary N) is 1. The average Bonchev–Trinajstić information content (AvgIpc) is 3.27. The molecule has 0 saturated heterocycles. The van der Waals surface area contributed by atoms with Crippen LogP contribution in [-0.4, -0.2) is 38.5 Å². The Bertz CT molecular complexity index is 1290. The zero-order valence-corrected chi connectivity index (χ0v) is 19.9. The van der Waals surface area contributed by atoms with Gasteiger partial charge in [0.05, 0.1) is 25.1 Å². The molecule has 0 saturated carbocycles. The molecule has 0 unspecified atom stereocenters. The second kappa shape index (κ2) is 10.5. The number of methoxy groups -OCH3 is 1. The Kier molecular flexibility index (Phi) is 7.22. The van der Waals surface area contributed by atoms with Gasteiger partial charge in [0, 0.05) is 28.6 Å². The predicted octanol–water partition coefficient (Wildman–Crippen LogP) is 4.50. The molecule has 0 atom stereocenters. The SMILES string of the molecule is COc1c(C)cnc(CNC(=O)CSc2nnc(-c3ccc(F)cc3)n2-c2ccccc2)c1C. The van der Waals surface area contributed by atoms with Crippen LogP contribution in [0.2, 0.25) is 0 Å². The topological polar surface area (TPSA) is 81.9 Å². The van der Waals surface area contributed by atoms with Crippen molar-refractivity contribution in [3.8, 4) is 22.8 Å². The highest BCUT2D eigenvalue weighted by Gasteiger charge is 2.18. The molecule has 34 heavy (non-hydrogen) atoms. The number of hydrogen-bond acceptors (Lipinski definition) is 6. The standard InChI is InChI=1S/C25H24FN5O2S/c1-16-13-27-21(17(2)23(16)33-3)14-28-22(32)15-34-25-30-29-24(18-9-11-19(26)12-10-18)31(25)20-7-5-4-6-8-20/h4-13H,14-15H2,1-3H3,(H,28,32). The van der Waals surface area contributed by atoms with Gasteiger partial charge in [-0.15, -0.1) is 10.2 Å². The Balaban J connectivity index is 1.50. The fourth-order valence-electron chi connectivity index (χ4n) is 3.57. The summed E-state index contributed by atoms with van der Waals surface area (Å²) in [7, 11) is 1.62. The van der Waals surface area contributed by atoms with Gasteiger partial charge in [-0.2, -0.15) is 0 Å². The maximum absolute atomic E-state index is 13.4. The van der Waals surface area contributed by atoms with Crippen molar-refractivity contribution in [2.24, 2.45) is 0 Å². The second-order valence-corrected chi connectivity index (χ2v) is 8.54. The van der Waals surface area contributed by atoms with Crippen LogP contribution in [0.15, 0.2) is 66.0 Å². The van der Waals surface area contributed by atoms with E-state index in [1.54, 1.807) is 25.4 Å². The van der Waals surface area contributed by atoms with Crippen molar-refractivity contribution in [1.29, 1.82) is 0 Å². The number of hydrogen-bond donors (Lipinski definition) is 1. The van der Waals surface area contributed by atoms with Crippen LogP contribution in [-0.2, 0) is 11.3 Å². The Labute approximate surface area is 201 Å². The molecule has 0 aliphatic rings. The van der Waals surface area contributed by atoms with Gasteiger partial charge in [-0.1, -0.05) is 30.0 Å². The maximum atomic E-state index is 13.4. The fraction of sp³-hybridized carbons (Fsp3) is 0.200. The van der Waals surface area contributed by atoms with Crippen LogP contribution >= 0.6 is 11.8 Å². The van der Waals surface area contributed by atoms with Crippen molar-refractivity contribution in [3.63, 3.8) is 0 Å². The highest BCUT2D eigenvalue weighted by molar-refractivity contribution is 7.99. The van der Waals surface area contributed by atoms with Crippen molar-refractivity contribution in [3.05, 3.63) is 83.4 Å². The highest BCUT2D eigenvalue weighted by Crippen LogP contribution is 2.28. The monoisotopic (exact) mass is 477 g/mol. The third kappa shape index (κ3) is 5.09. The zero-order valence-electron chi connectivity index (χ0n) is 19.1. The average molecular weight is 478 g/mol. The van der Waals surface area contributed by atoms with Gasteiger partial charge in [0.15, 0.2) is 11.0 Å². The first kappa shape index (κ1) is 23.4. The summed E-state index contributed by atoms with van der Waals surface area (Å²) in [5, 5.41) is 12.1. The molecular weight excluding hydrogens is 453 g/mol. The summed E-state index contributed by atoms with van der Waals surface area (Å²) in [6.45, 7) is 4.16. The number of pyridine rings is 1. The van der Waals surface area contributed by atoms with Gasteiger partial charge in [-0.05, 0) is 50.2 Å². The number of aryl methyl sites for hydroxylation is 1. The lowest BCUT2D eigenvalue weighted by Crippen LogP contribution is -2.25. The van der Waals surface area contributed by atoms with Crippen molar-refractivity contribution >= 4 is 17.7 Å². The van der Waals surface area contributed by atoms with Gasteiger partial charge in [0.2, 0.25) is 5.91 Å². The lowest BCUT2D eigenvalue weighted by molar-refractivity contribution is -0.118. The summed E-state index contributed by atoms with van der Waals surface area (Å²) in [6, 6.07) is 15.7. The quantitative estimate of drug-likeness (QED) is 0.376. The van der Waals surface area contributed by atoms with E-state index in [1.165, 1.54) is 23.9 Å². The Morgan fingerprint density at radius 1 is 1.09 bits per heavy atom. The van der Waals surface area contributed by atoms with E-state index in [0.29, 0.717) is 17.5 Å². The molecule has 9 heteroatoms. The zero-order chi connectivity index (χ0) is 24.1. The number of nitrogens with zero attached hydrogens (tertiary/aromatic N) is 4. The molecule has 1 N–H and O–H groups in total. The van der Waals surface area contributed by atoms with E-state index in [4.69, 9.17) is 4.74 Å². The lowest BCUT2D eigenvalue weighted by atomic mass is 10.1. The van der Waals surface area contributed by atoms with E-state index in [0.717, 1.165) is 33.8 Å². The number of halogens is 1. The minimum atomic E-state index is -0.322. The van der Waals surface area contributed by atoms with Gasteiger partial charge in [-0.25, -0.2) is 4.39 Å². The van der Waals surface area contributed by atoms with Crippen LogP contribution < -0.4 is 10.1 Å². The van der Waals surface area contributed by atoms with E-state index in [-0.39, 0.29) is 17.5 Å². The lowest BCUT2D eigenvalue weighted by Gasteiger charge is -2.13. The molecular formula is C25H24FN5O2S. The maximum Gasteiger partial charge on any atom is 0.230 e. The number of carbonyl (C=O) groups excluding carboxylic acids is 1. The minimum Gasteiger partial charge on any atom is -0.496 e. The smallest absolute Gasteiger partial charge is 0.230 e. The minimum absolute atomic E-state index is 0.149. The normalized spacial score (nSPS) is 10.8. The van der Waals surface area contributed by atoms with Crippen LogP contribution in [0.25, 0.3) is 17.1 Å². The van der Waals surface area contributed by atoms with E-state index in [1.807, 2.05) is 48.7 Å². The number of para-hydroxylation sites is 1. The molecule has 0 bridgehead atoms. The number of aromatic nitrogens is 4. The molecule has 0 aliphatic heterocycles. The Hall–Kier alpha value is -3.72. The van der Waals surface area contributed by atoms with E-state index < -0.39 is 0 Å². The summed E-state index contributed by atoms with van der Waals surface area (Å²) < 4.78 is 20.7. The molecule has 2 heterocycles. The second-order valence-electron chi connectivity index (χ2n) is 7.60. The molecule has 2 aromatic carbocycles. The van der Waals surface area contributed by atoms with Crippen LogP contribution in [0.4, 0.5) is 4.39 Å². The van der Waals surface area contributed by atoms with Crippen molar-refractivity contribution in [2.75, 3.05) is 12.9 Å². The van der Waals surface area contributed by atoms with Crippen molar-refractivity contribution < 1.29 is 13.9 Å². The predicted molar refractivity (Wildman–Crippen MR) is 130 cm³/mol. The molecule has 2 aromatic heterocycles. The summed E-state index contributed by atoms with van der Waals surface area (Å²) in [5.41, 5.74) is 4.18. The van der Waals surface area contributed by atoms with Gasteiger partial charge in [-0.3, -0.25) is 14.3 Å². The van der Waals surface area contributed by atoms with Gasteiger partial charge in [0.1, 0.15) is 11.6 Å². The molecule has 174 valence electrons. The first-order chi connectivity index (χ1) is 16.5. The number of benzene rings is 2. The van der Waals surface area contributed by atoms with Crippen molar-refractivity contribution in [1.82, 2.24) is 25.1 Å². The highest BCUT2D eigenvalue weighted by atomic mass is 32.2. The van der Waals surface area contributed by atoms with Crippen LogP contribution in [0, 0.1) is 19.7 Å². The van der Waals surface area contributed by atoms with Crippen LogP contribution in [0.5, 0.6) is 5.75 Å². The molecule has 0 spiro atoms. The van der Waals surface area contributed by atoms with E-state index in [9.17, 15) is 9.18 Å². The Morgan fingerprint density at radius 2 is 1.82 bits per heavy atom. The fourth-order valence-corrected chi connectivity index (χ4v) is 4.35. The molecule has 0 radical (unpaired) electrons. The summed E-state index contributed by atoms with van der Waals surface area (Å²) >= 11 is 1.28. The third-order valence-corrected chi connectivity index (χ3v) is 6.21. The molecule has 0 aliphatic carbocycles. The van der Waals surface area contributed by atoms with Gasteiger partial charge >= 0.3 is 0 Å². The third-order valence-electron chi connectivity index (χ3n) is 5.29. The number of ether oxygens (including phenoxy) is 1. The van der Waals surface area contributed by atoms with Crippen LogP contribution in [0.3, 0.4) is 0 Å². The van der Waals surface area contributed by atoms with Gasteiger partial charge in [0.25, 0.3) is 0 Å². The number of thioether (sulfide) groups is 1. The van der Waals surface area contributed by atoms with Crippen molar-refractivity contribution in [2.45, 2.75) is 25.5 Å². The van der Waals surface area contributed by atoms with E-state index in [2.05, 4.69) is 20.5 Å². The molecule has 0 fully saturated rings. The largest absolute Gasteiger partial charge is 0.496 e. The molecule has 7 nitrogen and oxygen atoms in total. The van der Waals surface area contributed by atoms with Gasteiger partial charge < -0.3 is 10.1 Å². The first-order valence-electron chi connectivity index (χ1n) is 10.6. The molecule has 4 aromatic rings. The molecule has 1 amide bonds. The summed E-state index contributed by atoms with van der Waals surface area (Å²) in [6.07, 6.45) is 1.74. The number of amides is 1. The first-order valence-corrected chi connectivity index (χ1v) is 11.6. The van der Waals surface area contributed by atoms with E-state index >= 15 is 0 Å². The number of carbonyl (C=O) groups is 1. The Morgan fingerprint density at radius 3 is 2.53 bits per heavy atom. The molecule has 4 rings (SSSR count). The summed E-state index contributed by atoms with van der Waals surface area (Å²) in [4.78, 5) is 17.0. The van der Waals surface area contributed by atoms with Crippen LogP contribution in [0.1, 0.15) is 16.8 Å².